The van der Waals surface area contributed by atoms with Crippen molar-refractivity contribution in [3.8, 4) is 5.69 Å². The van der Waals surface area contributed by atoms with Crippen molar-refractivity contribution in [2.75, 3.05) is 5.32 Å². The van der Waals surface area contributed by atoms with Crippen LogP contribution >= 0.6 is 11.3 Å². The fourth-order valence-electron chi connectivity index (χ4n) is 3.97. The first kappa shape index (κ1) is 18.6. The number of Topliss-reactive ketones (excluding diaryl/α,β-unsaturated/α-hetero) is 1. The van der Waals surface area contributed by atoms with Crippen LogP contribution in [-0.2, 0) is 4.79 Å². The number of aryl methyl sites for hydroxylation is 4. The minimum atomic E-state index is -0.504. The Balaban J connectivity index is 1.87. The number of fused-ring (bicyclic) bond motifs is 1. The Morgan fingerprint density at radius 1 is 1.21 bits per heavy atom. The molecule has 6 heteroatoms. The number of carbonyl (C=O) groups excluding carboxylic acids is 2. The Kier molecular flexibility index (Phi) is 4.46. The zero-order chi connectivity index (χ0) is 20.2. The number of hydrogen-bond acceptors (Lipinski definition) is 4. The van der Waals surface area contributed by atoms with Gasteiger partial charge in [0.05, 0.1) is 17.3 Å². The van der Waals surface area contributed by atoms with Crippen molar-refractivity contribution in [3.63, 3.8) is 0 Å². The van der Waals surface area contributed by atoms with Crippen LogP contribution in [0.5, 0.6) is 0 Å². The van der Waals surface area contributed by atoms with Gasteiger partial charge in [0.25, 0.3) is 0 Å². The molecule has 0 saturated carbocycles. The van der Waals surface area contributed by atoms with Crippen molar-refractivity contribution in [1.29, 1.82) is 0 Å². The molecule has 1 N–H and O–H groups in total. The Morgan fingerprint density at radius 2 is 1.96 bits per heavy atom. The number of anilines is 1. The third-order valence-corrected chi connectivity index (χ3v) is 6.50. The largest absolute Gasteiger partial charge is 0.310 e. The first-order valence-electron chi connectivity index (χ1n) is 9.35. The highest BCUT2D eigenvalue weighted by Gasteiger charge is 2.37. The van der Waals surface area contributed by atoms with E-state index in [2.05, 4.69) is 5.32 Å². The zero-order valence-corrected chi connectivity index (χ0v) is 17.5. The molecule has 2 aromatic heterocycles. The number of ketones is 1. The molecule has 1 aliphatic heterocycles. The normalized spacial score (nSPS) is 16.0. The van der Waals surface area contributed by atoms with E-state index in [-0.39, 0.29) is 18.1 Å². The van der Waals surface area contributed by atoms with Crippen molar-refractivity contribution in [2.45, 2.75) is 47.0 Å². The Labute approximate surface area is 168 Å². The fourth-order valence-corrected chi connectivity index (χ4v) is 4.90. The second-order valence-electron chi connectivity index (χ2n) is 7.47. The first-order chi connectivity index (χ1) is 13.3. The van der Waals surface area contributed by atoms with Crippen LogP contribution in [0.1, 0.15) is 54.8 Å². The highest BCUT2D eigenvalue weighted by molar-refractivity contribution is 7.12. The molecule has 3 heterocycles. The second kappa shape index (κ2) is 6.71. The van der Waals surface area contributed by atoms with Crippen LogP contribution in [-0.4, -0.2) is 21.5 Å². The molecule has 0 fully saturated rings. The van der Waals surface area contributed by atoms with E-state index in [0.29, 0.717) is 11.4 Å². The first-order valence-corrected chi connectivity index (χ1v) is 10.2. The van der Waals surface area contributed by atoms with Gasteiger partial charge in [0, 0.05) is 27.3 Å². The van der Waals surface area contributed by atoms with Gasteiger partial charge in [0.2, 0.25) is 5.91 Å². The van der Waals surface area contributed by atoms with Gasteiger partial charge in [-0.25, -0.2) is 4.68 Å². The minimum Gasteiger partial charge on any atom is -0.310 e. The molecule has 4 rings (SSSR count). The summed E-state index contributed by atoms with van der Waals surface area (Å²) >= 11 is 1.61. The summed E-state index contributed by atoms with van der Waals surface area (Å²) in [5.41, 5.74) is 5.48. The van der Waals surface area contributed by atoms with Gasteiger partial charge in [0.15, 0.2) is 5.78 Å². The molecule has 1 atom stereocenters. The van der Waals surface area contributed by atoms with Crippen molar-refractivity contribution in [3.05, 3.63) is 62.0 Å². The van der Waals surface area contributed by atoms with Crippen molar-refractivity contribution < 1.29 is 9.59 Å². The lowest BCUT2D eigenvalue weighted by Gasteiger charge is -2.23. The second-order valence-corrected chi connectivity index (χ2v) is 8.94. The molecule has 0 aliphatic carbocycles. The van der Waals surface area contributed by atoms with E-state index in [0.717, 1.165) is 37.8 Å². The molecular weight excluding hydrogens is 370 g/mol. The van der Waals surface area contributed by atoms with E-state index in [1.54, 1.807) is 16.0 Å². The number of benzene rings is 1. The summed E-state index contributed by atoms with van der Waals surface area (Å²) in [6.07, 6.45) is 0.152. The van der Waals surface area contributed by atoms with Crippen LogP contribution in [0.2, 0.25) is 0 Å². The molecule has 144 valence electrons. The highest BCUT2D eigenvalue weighted by atomic mass is 32.1. The van der Waals surface area contributed by atoms with Crippen LogP contribution in [0.3, 0.4) is 0 Å². The molecule has 0 spiro atoms. The predicted octanol–water partition coefficient (Wildman–Crippen LogP) is 4.78. The molecule has 3 aromatic rings. The number of rotatable bonds is 3. The standard InChI is InChI=1S/C22H23N3O2S/c1-11-7-6-8-18(13(11)3)25-22-20(14(4)24-25)17(10-19(26)23-22)21(27)16-9-12(2)28-15(16)5/h6-9,17H,10H2,1-5H3,(H,23,26)/t17-/m1/s1. The lowest BCUT2D eigenvalue weighted by atomic mass is 9.85. The summed E-state index contributed by atoms with van der Waals surface area (Å²) in [5, 5.41) is 7.67. The third-order valence-electron chi connectivity index (χ3n) is 5.53. The monoisotopic (exact) mass is 393 g/mol. The van der Waals surface area contributed by atoms with Crippen LogP contribution in [0.25, 0.3) is 5.69 Å². The number of thiophene rings is 1. The summed E-state index contributed by atoms with van der Waals surface area (Å²) in [4.78, 5) is 28.0. The van der Waals surface area contributed by atoms with Gasteiger partial charge in [-0.15, -0.1) is 11.3 Å². The number of amides is 1. The van der Waals surface area contributed by atoms with E-state index < -0.39 is 5.92 Å². The van der Waals surface area contributed by atoms with Gasteiger partial charge in [-0.2, -0.15) is 5.10 Å². The molecule has 0 unspecified atom stereocenters. The van der Waals surface area contributed by atoms with Crippen molar-refractivity contribution >= 4 is 28.8 Å². The number of carbonyl (C=O) groups is 2. The Hall–Kier alpha value is -2.73. The summed E-state index contributed by atoms with van der Waals surface area (Å²) in [6.45, 7) is 9.95. The molecule has 0 bridgehead atoms. The lowest BCUT2D eigenvalue weighted by molar-refractivity contribution is -0.116. The molecule has 0 radical (unpaired) electrons. The maximum Gasteiger partial charge on any atom is 0.226 e. The molecule has 1 aliphatic rings. The molecule has 1 aromatic carbocycles. The predicted molar refractivity (Wildman–Crippen MR) is 112 cm³/mol. The van der Waals surface area contributed by atoms with Crippen LogP contribution in [0, 0.1) is 34.6 Å². The molecular formula is C22H23N3O2S. The zero-order valence-electron chi connectivity index (χ0n) is 16.7. The van der Waals surface area contributed by atoms with Crippen LogP contribution in [0.15, 0.2) is 24.3 Å². The van der Waals surface area contributed by atoms with Gasteiger partial charge in [-0.3, -0.25) is 9.59 Å². The SMILES string of the molecule is Cc1cc(C(=O)[C@@H]2CC(=O)Nc3c2c(C)nn3-c2cccc(C)c2C)c(C)s1. The summed E-state index contributed by atoms with van der Waals surface area (Å²) in [5.74, 6) is -0.0378. The van der Waals surface area contributed by atoms with Crippen molar-refractivity contribution in [2.24, 2.45) is 0 Å². The number of nitrogens with one attached hydrogen (secondary N) is 1. The van der Waals surface area contributed by atoms with Gasteiger partial charge < -0.3 is 5.32 Å². The molecule has 28 heavy (non-hydrogen) atoms. The lowest BCUT2D eigenvalue weighted by Crippen LogP contribution is -2.28. The van der Waals surface area contributed by atoms with E-state index in [1.165, 1.54) is 0 Å². The quantitative estimate of drug-likeness (QED) is 0.651. The summed E-state index contributed by atoms with van der Waals surface area (Å²) < 4.78 is 1.77. The smallest absolute Gasteiger partial charge is 0.226 e. The van der Waals surface area contributed by atoms with Crippen molar-refractivity contribution in [1.82, 2.24) is 9.78 Å². The number of hydrogen-bond donors (Lipinski definition) is 1. The summed E-state index contributed by atoms with van der Waals surface area (Å²) in [6, 6.07) is 7.94. The Morgan fingerprint density at radius 3 is 2.64 bits per heavy atom. The topological polar surface area (TPSA) is 64.0 Å². The van der Waals surface area contributed by atoms with Crippen LogP contribution < -0.4 is 5.32 Å². The number of nitrogens with zero attached hydrogens (tertiary/aromatic N) is 2. The Bertz CT molecular complexity index is 1120. The maximum absolute atomic E-state index is 13.4. The number of aromatic nitrogens is 2. The van der Waals surface area contributed by atoms with Crippen LogP contribution in [0.4, 0.5) is 5.82 Å². The maximum atomic E-state index is 13.4. The van der Waals surface area contributed by atoms with E-state index >= 15 is 0 Å². The highest BCUT2D eigenvalue weighted by Crippen LogP contribution is 2.39. The van der Waals surface area contributed by atoms with Gasteiger partial charge in [0.1, 0.15) is 5.82 Å². The van der Waals surface area contributed by atoms with Gasteiger partial charge in [-0.05, 0) is 57.9 Å². The molecule has 5 nitrogen and oxygen atoms in total. The fraction of sp³-hybridized carbons (Fsp3) is 0.318. The molecule has 1 amide bonds. The van der Waals surface area contributed by atoms with Gasteiger partial charge in [-0.1, -0.05) is 12.1 Å². The average molecular weight is 394 g/mol. The summed E-state index contributed by atoms with van der Waals surface area (Å²) in [7, 11) is 0. The van der Waals surface area contributed by atoms with E-state index in [1.807, 2.05) is 58.9 Å². The van der Waals surface area contributed by atoms with E-state index in [4.69, 9.17) is 5.10 Å². The third kappa shape index (κ3) is 2.88. The van der Waals surface area contributed by atoms with Gasteiger partial charge >= 0.3 is 0 Å². The average Bonchev–Trinajstić information content (AvgIpc) is 3.15. The minimum absolute atomic E-state index is 0.00145. The van der Waals surface area contributed by atoms with E-state index in [9.17, 15) is 9.59 Å². The molecule has 0 saturated heterocycles.